The third-order valence-electron chi connectivity index (χ3n) is 2.19. The molecule has 0 N–H and O–H groups in total. The van der Waals surface area contributed by atoms with Crippen LogP contribution < -0.4 is 0 Å². The summed E-state index contributed by atoms with van der Waals surface area (Å²) in [6.45, 7) is 0. The van der Waals surface area contributed by atoms with Gasteiger partial charge in [0.2, 0.25) is 0 Å². The number of hydrogen-bond donors (Lipinski definition) is 0. The number of rotatable bonds is 3. The molecule has 1 aromatic rings. The summed E-state index contributed by atoms with van der Waals surface area (Å²) in [5, 5.41) is 0. The molecule has 1 saturated heterocycles. The molecule has 1 aromatic heterocycles. The standard InChI is InChI=1S/C10H11NOS/c12-10(9-6-13-7-9)4-8-2-1-3-11-5-8/h1-3,5,9H,4,6-7H2. The first-order valence-electron chi connectivity index (χ1n) is 4.35. The maximum absolute atomic E-state index is 11.6. The van der Waals surface area contributed by atoms with E-state index in [1.807, 2.05) is 23.9 Å². The minimum Gasteiger partial charge on any atom is -0.299 e. The Morgan fingerprint density at radius 1 is 1.62 bits per heavy atom. The zero-order valence-electron chi connectivity index (χ0n) is 7.27. The van der Waals surface area contributed by atoms with E-state index in [-0.39, 0.29) is 0 Å². The second-order valence-electron chi connectivity index (χ2n) is 3.24. The molecule has 13 heavy (non-hydrogen) atoms. The topological polar surface area (TPSA) is 30.0 Å². The predicted octanol–water partition coefficient (Wildman–Crippen LogP) is 1.56. The summed E-state index contributed by atoms with van der Waals surface area (Å²) in [6.07, 6.45) is 4.05. The molecular weight excluding hydrogens is 182 g/mol. The van der Waals surface area contributed by atoms with Gasteiger partial charge in [0.05, 0.1) is 0 Å². The number of thioether (sulfide) groups is 1. The molecule has 0 radical (unpaired) electrons. The summed E-state index contributed by atoms with van der Waals surface area (Å²) >= 11 is 1.85. The normalized spacial score (nSPS) is 16.6. The fourth-order valence-electron chi connectivity index (χ4n) is 1.27. The first kappa shape index (κ1) is 8.75. The van der Waals surface area contributed by atoms with Crippen molar-refractivity contribution in [2.45, 2.75) is 6.42 Å². The Balaban J connectivity index is 1.94. The zero-order chi connectivity index (χ0) is 9.10. The molecule has 2 rings (SSSR count). The van der Waals surface area contributed by atoms with Gasteiger partial charge < -0.3 is 0 Å². The second-order valence-corrected chi connectivity index (χ2v) is 4.31. The molecule has 0 amide bonds. The predicted molar refractivity (Wildman–Crippen MR) is 53.8 cm³/mol. The molecule has 0 aliphatic carbocycles. The van der Waals surface area contributed by atoms with Gasteiger partial charge in [0.15, 0.2) is 0 Å². The third-order valence-corrected chi connectivity index (χ3v) is 3.47. The number of carbonyl (C=O) groups is 1. The van der Waals surface area contributed by atoms with Gasteiger partial charge in [-0.2, -0.15) is 11.8 Å². The van der Waals surface area contributed by atoms with Gasteiger partial charge in [0.1, 0.15) is 5.78 Å². The van der Waals surface area contributed by atoms with Gasteiger partial charge in [0, 0.05) is 36.2 Å². The molecule has 0 spiro atoms. The number of ketones is 1. The van der Waals surface area contributed by atoms with E-state index in [0.717, 1.165) is 17.1 Å². The Morgan fingerprint density at radius 2 is 2.46 bits per heavy atom. The molecule has 2 nitrogen and oxygen atoms in total. The van der Waals surface area contributed by atoms with E-state index in [9.17, 15) is 4.79 Å². The SMILES string of the molecule is O=C(Cc1cccnc1)C1CSC1. The molecule has 68 valence electrons. The summed E-state index contributed by atoms with van der Waals surface area (Å²) in [5.74, 6) is 2.70. The highest BCUT2D eigenvalue weighted by molar-refractivity contribution is 8.00. The van der Waals surface area contributed by atoms with Crippen LogP contribution in [-0.2, 0) is 11.2 Å². The fraction of sp³-hybridized carbons (Fsp3) is 0.400. The van der Waals surface area contributed by atoms with Crippen LogP contribution in [0.1, 0.15) is 5.56 Å². The lowest BCUT2D eigenvalue weighted by molar-refractivity contribution is -0.121. The fourth-order valence-corrected chi connectivity index (χ4v) is 2.11. The van der Waals surface area contributed by atoms with Crippen LogP contribution in [0.5, 0.6) is 0 Å². The number of hydrogen-bond acceptors (Lipinski definition) is 3. The number of nitrogens with zero attached hydrogens (tertiary/aromatic N) is 1. The summed E-state index contributed by atoms with van der Waals surface area (Å²) in [6, 6.07) is 3.83. The number of carbonyl (C=O) groups excluding carboxylic acids is 1. The Morgan fingerprint density at radius 3 is 3.00 bits per heavy atom. The van der Waals surface area contributed by atoms with Crippen LogP contribution >= 0.6 is 11.8 Å². The van der Waals surface area contributed by atoms with Gasteiger partial charge in [-0.3, -0.25) is 9.78 Å². The van der Waals surface area contributed by atoms with Gasteiger partial charge in [0.25, 0.3) is 0 Å². The summed E-state index contributed by atoms with van der Waals surface area (Å²) in [4.78, 5) is 15.5. The van der Waals surface area contributed by atoms with Crippen LogP contribution in [0.4, 0.5) is 0 Å². The zero-order valence-corrected chi connectivity index (χ0v) is 8.09. The monoisotopic (exact) mass is 193 g/mol. The van der Waals surface area contributed by atoms with Crippen LogP contribution in [0.2, 0.25) is 0 Å². The minimum absolute atomic E-state index is 0.310. The molecule has 0 unspecified atom stereocenters. The largest absolute Gasteiger partial charge is 0.299 e. The summed E-state index contributed by atoms with van der Waals surface area (Å²) in [5.41, 5.74) is 1.03. The average Bonchev–Trinajstić information content (AvgIpc) is 2.02. The highest BCUT2D eigenvalue weighted by Crippen LogP contribution is 2.26. The second kappa shape index (κ2) is 3.92. The van der Waals surface area contributed by atoms with Crippen molar-refractivity contribution in [1.29, 1.82) is 0 Å². The molecule has 0 atom stereocenters. The van der Waals surface area contributed by atoms with Gasteiger partial charge in [-0.1, -0.05) is 6.07 Å². The minimum atomic E-state index is 0.310. The van der Waals surface area contributed by atoms with Crippen molar-refractivity contribution >= 4 is 17.5 Å². The number of aromatic nitrogens is 1. The van der Waals surface area contributed by atoms with E-state index in [1.165, 1.54) is 0 Å². The van der Waals surface area contributed by atoms with Crippen molar-refractivity contribution in [2.24, 2.45) is 5.92 Å². The van der Waals surface area contributed by atoms with Crippen molar-refractivity contribution < 1.29 is 4.79 Å². The van der Waals surface area contributed by atoms with Gasteiger partial charge >= 0.3 is 0 Å². The Kier molecular flexibility index (Phi) is 2.64. The highest BCUT2D eigenvalue weighted by Gasteiger charge is 2.25. The van der Waals surface area contributed by atoms with Crippen LogP contribution in [0.15, 0.2) is 24.5 Å². The van der Waals surface area contributed by atoms with Gasteiger partial charge in [-0.25, -0.2) is 0 Å². The first-order valence-corrected chi connectivity index (χ1v) is 5.51. The lowest BCUT2D eigenvalue weighted by Gasteiger charge is -2.23. The van der Waals surface area contributed by atoms with Crippen molar-refractivity contribution in [3.63, 3.8) is 0 Å². The Bertz CT molecular complexity index is 295. The maximum atomic E-state index is 11.6. The molecule has 2 heterocycles. The average molecular weight is 193 g/mol. The molecule has 3 heteroatoms. The van der Waals surface area contributed by atoms with E-state index in [4.69, 9.17) is 0 Å². The lowest BCUT2D eigenvalue weighted by atomic mass is 10.0. The van der Waals surface area contributed by atoms with Gasteiger partial charge in [-0.15, -0.1) is 0 Å². The van der Waals surface area contributed by atoms with Crippen LogP contribution in [0, 0.1) is 5.92 Å². The lowest BCUT2D eigenvalue weighted by Crippen LogP contribution is -2.28. The third kappa shape index (κ3) is 2.10. The van der Waals surface area contributed by atoms with E-state index in [1.54, 1.807) is 12.4 Å². The summed E-state index contributed by atoms with van der Waals surface area (Å²) < 4.78 is 0. The molecule has 1 aliphatic heterocycles. The molecule has 0 aromatic carbocycles. The number of pyridine rings is 1. The number of Topliss-reactive ketones (excluding diaryl/α,β-unsaturated/α-hetero) is 1. The maximum Gasteiger partial charge on any atom is 0.142 e. The quantitative estimate of drug-likeness (QED) is 0.729. The highest BCUT2D eigenvalue weighted by atomic mass is 32.2. The summed E-state index contributed by atoms with van der Waals surface area (Å²) in [7, 11) is 0. The first-order chi connectivity index (χ1) is 6.36. The van der Waals surface area contributed by atoms with E-state index in [0.29, 0.717) is 18.1 Å². The Hall–Kier alpha value is -0.830. The van der Waals surface area contributed by atoms with E-state index in [2.05, 4.69) is 4.98 Å². The van der Waals surface area contributed by atoms with Crippen molar-refractivity contribution in [3.05, 3.63) is 30.1 Å². The van der Waals surface area contributed by atoms with Crippen molar-refractivity contribution in [1.82, 2.24) is 4.98 Å². The van der Waals surface area contributed by atoms with Crippen LogP contribution in [0.25, 0.3) is 0 Å². The molecule has 0 saturated carbocycles. The van der Waals surface area contributed by atoms with Crippen molar-refractivity contribution in [2.75, 3.05) is 11.5 Å². The molecule has 1 fully saturated rings. The Labute approximate surface area is 81.8 Å². The van der Waals surface area contributed by atoms with Gasteiger partial charge in [-0.05, 0) is 11.6 Å². The van der Waals surface area contributed by atoms with Crippen LogP contribution in [0.3, 0.4) is 0 Å². The molecular formula is C10H11NOS. The molecule has 1 aliphatic rings. The molecule has 0 bridgehead atoms. The van der Waals surface area contributed by atoms with Crippen LogP contribution in [-0.4, -0.2) is 22.3 Å². The smallest absolute Gasteiger partial charge is 0.142 e. The van der Waals surface area contributed by atoms with E-state index >= 15 is 0 Å². The van der Waals surface area contributed by atoms with Crippen molar-refractivity contribution in [3.8, 4) is 0 Å². The van der Waals surface area contributed by atoms with E-state index < -0.39 is 0 Å².